The molecule has 2 aromatic carbocycles. The second-order valence-corrected chi connectivity index (χ2v) is 6.56. The van der Waals surface area contributed by atoms with Crippen LogP contribution in [0.5, 0.6) is 0 Å². The predicted molar refractivity (Wildman–Crippen MR) is 112 cm³/mol. The molecule has 2 rings (SSSR count). The van der Waals surface area contributed by atoms with Gasteiger partial charge >= 0.3 is 11.8 Å². The Hall–Kier alpha value is -2.86. The van der Waals surface area contributed by atoms with Crippen molar-refractivity contribution in [3.63, 3.8) is 0 Å². The lowest BCUT2D eigenvalue weighted by Gasteiger charge is -2.23. The quantitative estimate of drug-likeness (QED) is 0.688. The van der Waals surface area contributed by atoms with Crippen LogP contribution < -0.4 is 10.2 Å². The molecule has 0 saturated carbocycles. The van der Waals surface area contributed by atoms with Crippen LogP contribution in [0.3, 0.4) is 0 Å². The molecule has 0 heterocycles. The molecule has 6 nitrogen and oxygen atoms in total. The molecule has 0 atom stereocenters. The van der Waals surface area contributed by atoms with Crippen molar-refractivity contribution in [2.45, 2.75) is 27.3 Å². The number of amides is 2. The topological polar surface area (TPSA) is 72.9 Å². The largest absolute Gasteiger partial charge is 0.395 e. The number of benzene rings is 2. The molecule has 6 heteroatoms. The summed E-state index contributed by atoms with van der Waals surface area (Å²) >= 11 is 0. The maximum atomic E-state index is 12.6. The summed E-state index contributed by atoms with van der Waals surface area (Å²) in [5, 5.41) is 12.0. The second kappa shape index (κ2) is 10.5. The third-order valence-corrected chi connectivity index (χ3v) is 4.65. The summed E-state index contributed by atoms with van der Waals surface area (Å²) in [6.45, 7) is 8.05. The normalized spacial score (nSPS) is 10.4. The number of nitrogens with one attached hydrogen (secondary N) is 1. The standard InChI is InChI=1S/C22H29N3O3/c1-4-24(5-2)19-11-12-20(17(3)15-19)23-21(27)22(28)25(13-14-26)16-18-9-7-6-8-10-18/h6-12,15,26H,4-5,13-14,16H2,1-3H3,(H,23,27). The van der Waals surface area contributed by atoms with E-state index < -0.39 is 11.8 Å². The van der Waals surface area contributed by atoms with E-state index in [1.165, 1.54) is 4.90 Å². The van der Waals surface area contributed by atoms with E-state index >= 15 is 0 Å². The highest BCUT2D eigenvalue weighted by molar-refractivity contribution is 6.39. The molecule has 0 fully saturated rings. The first-order chi connectivity index (χ1) is 13.5. The van der Waals surface area contributed by atoms with E-state index in [2.05, 4.69) is 24.1 Å². The highest BCUT2D eigenvalue weighted by Crippen LogP contribution is 2.22. The first-order valence-corrected chi connectivity index (χ1v) is 9.60. The van der Waals surface area contributed by atoms with Crippen molar-refractivity contribution in [2.75, 3.05) is 36.5 Å². The Kier molecular flexibility index (Phi) is 8.02. The molecule has 0 saturated heterocycles. The number of aryl methyl sites for hydroxylation is 1. The van der Waals surface area contributed by atoms with Crippen LogP contribution in [0.1, 0.15) is 25.0 Å². The molecule has 150 valence electrons. The number of rotatable bonds is 8. The fourth-order valence-electron chi connectivity index (χ4n) is 3.07. The van der Waals surface area contributed by atoms with Crippen LogP contribution in [0.15, 0.2) is 48.5 Å². The fourth-order valence-corrected chi connectivity index (χ4v) is 3.07. The molecule has 2 amide bonds. The number of carbonyl (C=O) groups excluding carboxylic acids is 2. The number of hydrogen-bond donors (Lipinski definition) is 2. The molecule has 0 unspecified atom stereocenters. The van der Waals surface area contributed by atoms with Gasteiger partial charge in [0.2, 0.25) is 0 Å². The Morgan fingerprint density at radius 1 is 1.04 bits per heavy atom. The number of carbonyl (C=O) groups is 2. The van der Waals surface area contributed by atoms with Crippen LogP contribution >= 0.6 is 0 Å². The summed E-state index contributed by atoms with van der Waals surface area (Å²) in [5.41, 5.74) is 3.48. The molecular formula is C22H29N3O3. The number of nitrogens with zero attached hydrogens (tertiary/aromatic N) is 2. The Morgan fingerprint density at radius 2 is 1.71 bits per heavy atom. The van der Waals surface area contributed by atoms with Gasteiger partial charge in [0.15, 0.2) is 0 Å². The van der Waals surface area contributed by atoms with Gasteiger partial charge in [-0.25, -0.2) is 0 Å². The highest BCUT2D eigenvalue weighted by atomic mass is 16.3. The minimum absolute atomic E-state index is 0.0982. The molecule has 2 aromatic rings. The van der Waals surface area contributed by atoms with Gasteiger partial charge in [-0.1, -0.05) is 30.3 Å². The molecule has 0 aromatic heterocycles. The highest BCUT2D eigenvalue weighted by Gasteiger charge is 2.22. The fraction of sp³-hybridized carbons (Fsp3) is 0.364. The van der Waals surface area contributed by atoms with Gasteiger partial charge in [0.05, 0.1) is 6.61 Å². The molecule has 0 spiro atoms. The third kappa shape index (κ3) is 5.57. The van der Waals surface area contributed by atoms with Gasteiger partial charge in [-0.05, 0) is 50.1 Å². The van der Waals surface area contributed by atoms with Crippen LogP contribution in [0, 0.1) is 6.92 Å². The van der Waals surface area contributed by atoms with Gasteiger partial charge < -0.3 is 20.2 Å². The van der Waals surface area contributed by atoms with Crippen molar-refractivity contribution in [1.29, 1.82) is 0 Å². The molecule has 2 N–H and O–H groups in total. The molecule has 0 bridgehead atoms. The minimum atomic E-state index is -0.705. The van der Waals surface area contributed by atoms with E-state index in [1.807, 2.05) is 55.5 Å². The van der Waals surface area contributed by atoms with Crippen LogP contribution in [-0.4, -0.2) is 48.1 Å². The Morgan fingerprint density at radius 3 is 2.29 bits per heavy atom. The second-order valence-electron chi connectivity index (χ2n) is 6.56. The summed E-state index contributed by atoms with van der Waals surface area (Å²) in [6.07, 6.45) is 0. The zero-order chi connectivity index (χ0) is 20.5. The average molecular weight is 383 g/mol. The Labute approximate surface area is 166 Å². The summed E-state index contributed by atoms with van der Waals surface area (Å²) in [7, 11) is 0. The predicted octanol–water partition coefficient (Wildman–Crippen LogP) is 2.80. The molecule has 0 aliphatic rings. The summed E-state index contributed by atoms with van der Waals surface area (Å²) in [6, 6.07) is 15.2. The van der Waals surface area contributed by atoms with Crippen molar-refractivity contribution < 1.29 is 14.7 Å². The van der Waals surface area contributed by atoms with E-state index in [4.69, 9.17) is 0 Å². The van der Waals surface area contributed by atoms with Gasteiger partial charge in [-0.2, -0.15) is 0 Å². The zero-order valence-corrected chi connectivity index (χ0v) is 16.8. The molecule has 0 aliphatic heterocycles. The molecule has 0 radical (unpaired) electrons. The van der Waals surface area contributed by atoms with Gasteiger partial charge in [-0.3, -0.25) is 9.59 Å². The summed E-state index contributed by atoms with van der Waals surface area (Å²) in [4.78, 5) is 28.7. The van der Waals surface area contributed by atoms with Crippen molar-refractivity contribution in [3.05, 3.63) is 59.7 Å². The Bertz CT molecular complexity index is 789. The monoisotopic (exact) mass is 383 g/mol. The lowest BCUT2D eigenvalue weighted by atomic mass is 10.1. The van der Waals surface area contributed by atoms with Crippen LogP contribution in [0.25, 0.3) is 0 Å². The van der Waals surface area contributed by atoms with Crippen molar-refractivity contribution in [3.8, 4) is 0 Å². The lowest BCUT2D eigenvalue weighted by Crippen LogP contribution is -2.40. The van der Waals surface area contributed by atoms with E-state index in [9.17, 15) is 14.7 Å². The van der Waals surface area contributed by atoms with Gasteiger partial charge in [0, 0.05) is 37.6 Å². The van der Waals surface area contributed by atoms with Crippen molar-refractivity contribution >= 4 is 23.2 Å². The van der Waals surface area contributed by atoms with Gasteiger partial charge in [0.25, 0.3) is 0 Å². The van der Waals surface area contributed by atoms with Crippen LogP contribution in [0.4, 0.5) is 11.4 Å². The maximum absolute atomic E-state index is 12.6. The average Bonchev–Trinajstić information content (AvgIpc) is 2.70. The molecule has 0 aliphatic carbocycles. The lowest BCUT2D eigenvalue weighted by molar-refractivity contribution is -0.143. The number of anilines is 2. The maximum Gasteiger partial charge on any atom is 0.313 e. The van der Waals surface area contributed by atoms with Crippen molar-refractivity contribution in [1.82, 2.24) is 4.90 Å². The van der Waals surface area contributed by atoms with Crippen molar-refractivity contribution in [2.24, 2.45) is 0 Å². The van der Waals surface area contributed by atoms with Gasteiger partial charge in [0.1, 0.15) is 0 Å². The van der Waals surface area contributed by atoms with Gasteiger partial charge in [-0.15, -0.1) is 0 Å². The summed E-state index contributed by atoms with van der Waals surface area (Å²) in [5.74, 6) is -1.37. The van der Waals surface area contributed by atoms with E-state index in [-0.39, 0.29) is 19.7 Å². The number of hydrogen-bond acceptors (Lipinski definition) is 4. The number of aliphatic hydroxyl groups is 1. The zero-order valence-electron chi connectivity index (χ0n) is 16.8. The molecule has 28 heavy (non-hydrogen) atoms. The minimum Gasteiger partial charge on any atom is -0.395 e. The summed E-state index contributed by atoms with van der Waals surface area (Å²) < 4.78 is 0. The molecular weight excluding hydrogens is 354 g/mol. The SMILES string of the molecule is CCN(CC)c1ccc(NC(=O)C(=O)N(CCO)Cc2ccccc2)c(C)c1. The Balaban J connectivity index is 2.10. The first-order valence-electron chi connectivity index (χ1n) is 9.60. The first kappa shape index (κ1) is 21.4. The third-order valence-electron chi connectivity index (χ3n) is 4.65. The van der Waals surface area contributed by atoms with E-state index in [0.29, 0.717) is 5.69 Å². The smallest absolute Gasteiger partial charge is 0.313 e. The number of aliphatic hydroxyl groups excluding tert-OH is 1. The van der Waals surface area contributed by atoms with E-state index in [1.54, 1.807) is 0 Å². The van der Waals surface area contributed by atoms with Crippen LogP contribution in [0.2, 0.25) is 0 Å². The van der Waals surface area contributed by atoms with Crippen LogP contribution in [-0.2, 0) is 16.1 Å². The van der Waals surface area contributed by atoms with E-state index in [0.717, 1.165) is 29.9 Å².